The van der Waals surface area contributed by atoms with Gasteiger partial charge >= 0.3 is 6.18 Å². The number of alkyl halides is 3. The van der Waals surface area contributed by atoms with E-state index in [9.17, 15) is 18.0 Å². The second-order valence-electron chi connectivity index (χ2n) is 4.16. The number of carbonyl (C=O) groups is 1. The van der Waals surface area contributed by atoms with Gasteiger partial charge in [0.1, 0.15) is 0 Å². The molecular formula is C14H8Br2F3NO. The fourth-order valence-electron chi connectivity index (χ4n) is 1.67. The van der Waals surface area contributed by atoms with E-state index >= 15 is 0 Å². The summed E-state index contributed by atoms with van der Waals surface area (Å²) in [7, 11) is 0. The number of halogens is 5. The average molecular weight is 423 g/mol. The molecule has 2 aromatic carbocycles. The number of nitrogens with one attached hydrogen (secondary N) is 1. The molecule has 0 spiro atoms. The van der Waals surface area contributed by atoms with Gasteiger partial charge in [-0.05, 0) is 46.3 Å². The number of anilines is 1. The molecule has 0 aromatic heterocycles. The van der Waals surface area contributed by atoms with Crippen molar-refractivity contribution >= 4 is 43.5 Å². The van der Waals surface area contributed by atoms with E-state index in [0.29, 0.717) is 10.0 Å². The normalized spacial score (nSPS) is 11.3. The Morgan fingerprint density at radius 3 is 2.33 bits per heavy atom. The van der Waals surface area contributed by atoms with E-state index in [-0.39, 0.29) is 10.2 Å². The summed E-state index contributed by atoms with van der Waals surface area (Å²) in [5, 5.41) is 2.45. The summed E-state index contributed by atoms with van der Waals surface area (Å²) in [4.78, 5) is 12.1. The van der Waals surface area contributed by atoms with Crippen LogP contribution in [0.25, 0.3) is 0 Å². The number of carbonyl (C=O) groups excluding carboxylic acids is 1. The van der Waals surface area contributed by atoms with Crippen molar-refractivity contribution < 1.29 is 18.0 Å². The fourth-order valence-corrected chi connectivity index (χ4v) is 2.63. The third-order valence-corrected chi connectivity index (χ3v) is 3.75. The zero-order chi connectivity index (χ0) is 15.6. The minimum atomic E-state index is -4.48. The molecular weight excluding hydrogens is 415 g/mol. The molecule has 0 saturated heterocycles. The lowest BCUT2D eigenvalue weighted by Gasteiger charge is -2.11. The highest BCUT2D eigenvalue weighted by Gasteiger charge is 2.31. The summed E-state index contributed by atoms with van der Waals surface area (Å²) in [6.07, 6.45) is -4.48. The zero-order valence-electron chi connectivity index (χ0n) is 10.3. The van der Waals surface area contributed by atoms with E-state index in [1.165, 1.54) is 6.07 Å². The van der Waals surface area contributed by atoms with Crippen LogP contribution in [0.15, 0.2) is 51.4 Å². The molecule has 0 aliphatic carbocycles. The van der Waals surface area contributed by atoms with Gasteiger partial charge in [-0.15, -0.1) is 0 Å². The van der Waals surface area contributed by atoms with Crippen LogP contribution in [0, 0.1) is 0 Å². The molecule has 2 aromatic rings. The highest BCUT2D eigenvalue weighted by molar-refractivity contribution is 9.10. The van der Waals surface area contributed by atoms with Crippen LogP contribution in [0.5, 0.6) is 0 Å². The molecule has 1 amide bonds. The molecule has 0 unspecified atom stereocenters. The van der Waals surface area contributed by atoms with Gasteiger partial charge in [0.25, 0.3) is 5.91 Å². The first kappa shape index (κ1) is 16.0. The monoisotopic (exact) mass is 421 g/mol. The number of amides is 1. The molecule has 0 fully saturated rings. The SMILES string of the molecule is O=C(Nc1cc(Br)cc(C(F)(F)F)c1)c1ccccc1Br. The van der Waals surface area contributed by atoms with Gasteiger partial charge in [-0.3, -0.25) is 4.79 Å². The molecule has 0 atom stereocenters. The number of rotatable bonds is 2. The maximum atomic E-state index is 12.7. The van der Waals surface area contributed by atoms with Crippen LogP contribution in [0.3, 0.4) is 0 Å². The van der Waals surface area contributed by atoms with Gasteiger partial charge in [0.15, 0.2) is 0 Å². The maximum Gasteiger partial charge on any atom is 0.416 e. The molecule has 0 aliphatic rings. The van der Waals surface area contributed by atoms with Gasteiger partial charge in [-0.25, -0.2) is 0 Å². The maximum absolute atomic E-state index is 12.7. The highest BCUT2D eigenvalue weighted by Crippen LogP contribution is 2.33. The van der Waals surface area contributed by atoms with Gasteiger partial charge in [0.2, 0.25) is 0 Å². The van der Waals surface area contributed by atoms with Crippen molar-refractivity contribution in [3.05, 3.63) is 62.5 Å². The largest absolute Gasteiger partial charge is 0.416 e. The Morgan fingerprint density at radius 1 is 1.05 bits per heavy atom. The van der Waals surface area contributed by atoms with Crippen LogP contribution in [0.1, 0.15) is 15.9 Å². The first-order valence-corrected chi connectivity index (χ1v) is 7.29. The van der Waals surface area contributed by atoms with Crippen LogP contribution in [0.2, 0.25) is 0 Å². The molecule has 0 heterocycles. The average Bonchev–Trinajstić information content (AvgIpc) is 2.37. The van der Waals surface area contributed by atoms with E-state index in [4.69, 9.17) is 0 Å². The number of benzene rings is 2. The van der Waals surface area contributed by atoms with E-state index < -0.39 is 17.6 Å². The molecule has 110 valence electrons. The van der Waals surface area contributed by atoms with Crippen LogP contribution in [-0.2, 0) is 6.18 Å². The fraction of sp³-hybridized carbons (Fsp3) is 0.0714. The van der Waals surface area contributed by atoms with Crippen LogP contribution < -0.4 is 5.32 Å². The predicted octanol–water partition coefficient (Wildman–Crippen LogP) is 5.48. The Bertz CT molecular complexity index is 686. The van der Waals surface area contributed by atoms with Crippen molar-refractivity contribution in [3.8, 4) is 0 Å². The first-order valence-electron chi connectivity index (χ1n) is 5.71. The smallest absolute Gasteiger partial charge is 0.322 e. The zero-order valence-corrected chi connectivity index (χ0v) is 13.5. The van der Waals surface area contributed by atoms with E-state index in [1.54, 1.807) is 24.3 Å². The molecule has 21 heavy (non-hydrogen) atoms. The minimum Gasteiger partial charge on any atom is -0.322 e. The Balaban J connectivity index is 2.30. The first-order chi connectivity index (χ1) is 9.77. The van der Waals surface area contributed by atoms with Crippen LogP contribution >= 0.6 is 31.9 Å². The second-order valence-corrected chi connectivity index (χ2v) is 5.93. The molecule has 0 aliphatic heterocycles. The second kappa shape index (κ2) is 6.19. The van der Waals surface area contributed by atoms with Gasteiger partial charge in [-0.1, -0.05) is 28.1 Å². The molecule has 2 nitrogen and oxygen atoms in total. The van der Waals surface area contributed by atoms with Crippen LogP contribution in [0.4, 0.5) is 18.9 Å². The lowest BCUT2D eigenvalue weighted by atomic mass is 10.1. The Labute approximate surface area is 135 Å². The quantitative estimate of drug-likeness (QED) is 0.681. The minimum absolute atomic E-state index is 0.0671. The van der Waals surface area contributed by atoms with Gasteiger partial charge in [0.05, 0.1) is 11.1 Å². The summed E-state index contributed by atoms with van der Waals surface area (Å²) in [6.45, 7) is 0. The van der Waals surface area contributed by atoms with E-state index in [2.05, 4.69) is 37.2 Å². The van der Waals surface area contributed by atoms with Crippen molar-refractivity contribution in [2.75, 3.05) is 5.32 Å². The Hall–Kier alpha value is -1.34. The van der Waals surface area contributed by atoms with Crippen molar-refractivity contribution in [1.82, 2.24) is 0 Å². The molecule has 1 N–H and O–H groups in total. The van der Waals surface area contributed by atoms with Crippen molar-refractivity contribution in [2.45, 2.75) is 6.18 Å². The van der Waals surface area contributed by atoms with Gasteiger partial charge < -0.3 is 5.32 Å². The molecule has 0 radical (unpaired) electrons. The Kier molecular flexibility index (Phi) is 4.73. The van der Waals surface area contributed by atoms with Crippen molar-refractivity contribution in [2.24, 2.45) is 0 Å². The lowest BCUT2D eigenvalue weighted by Crippen LogP contribution is -2.13. The van der Waals surface area contributed by atoms with Gasteiger partial charge in [-0.2, -0.15) is 13.2 Å². The van der Waals surface area contributed by atoms with Gasteiger partial charge in [0, 0.05) is 14.6 Å². The molecule has 0 saturated carbocycles. The molecule has 7 heteroatoms. The summed E-state index contributed by atoms with van der Waals surface area (Å²) in [6, 6.07) is 9.90. The third kappa shape index (κ3) is 4.07. The van der Waals surface area contributed by atoms with Crippen molar-refractivity contribution in [1.29, 1.82) is 0 Å². The Morgan fingerprint density at radius 2 is 1.71 bits per heavy atom. The van der Waals surface area contributed by atoms with Crippen molar-refractivity contribution in [3.63, 3.8) is 0 Å². The van der Waals surface area contributed by atoms with E-state index in [0.717, 1.165) is 12.1 Å². The standard InChI is InChI=1S/C14H8Br2F3NO/c15-9-5-8(14(17,18)19)6-10(7-9)20-13(21)11-3-1-2-4-12(11)16/h1-7H,(H,20,21). The summed E-state index contributed by atoms with van der Waals surface area (Å²) >= 11 is 6.23. The topological polar surface area (TPSA) is 29.1 Å². The summed E-state index contributed by atoms with van der Waals surface area (Å²) < 4.78 is 39.0. The number of hydrogen-bond acceptors (Lipinski definition) is 1. The summed E-state index contributed by atoms with van der Waals surface area (Å²) in [5.41, 5.74) is -0.428. The van der Waals surface area contributed by atoms with Crippen LogP contribution in [-0.4, -0.2) is 5.91 Å². The lowest BCUT2D eigenvalue weighted by molar-refractivity contribution is -0.137. The highest BCUT2D eigenvalue weighted by atomic mass is 79.9. The number of hydrogen-bond donors (Lipinski definition) is 1. The molecule has 2 rings (SSSR count). The third-order valence-electron chi connectivity index (χ3n) is 2.60. The summed E-state index contributed by atoms with van der Waals surface area (Å²) in [5.74, 6) is -0.492. The predicted molar refractivity (Wildman–Crippen MR) is 81.2 cm³/mol. The van der Waals surface area contributed by atoms with E-state index in [1.807, 2.05) is 0 Å². The molecule has 0 bridgehead atoms.